The van der Waals surface area contributed by atoms with Gasteiger partial charge in [-0.25, -0.2) is 0 Å². The Bertz CT molecular complexity index is 242. The maximum Gasteiger partial charge on any atom is 0.136 e. The summed E-state index contributed by atoms with van der Waals surface area (Å²) in [4.78, 5) is 1.06. The Kier molecular flexibility index (Phi) is 2.60. The fourth-order valence-corrected chi connectivity index (χ4v) is 2.80. The first-order valence-corrected chi connectivity index (χ1v) is 8.02. The van der Waals surface area contributed by atoms with Crippen molar-refractivity contribution in [1.82, 2.24) is 0 Å². The number of rotatable bonds is 2. The van der Waals surface area contributed by atoms with Gasteiger partial charge >= 0.3 is 0 Å². The van der Waals surface area contributed by atoms with Crippen LogP contribution in [0.2, 0.25) is 13.1 Å². The van der Waals surface area contributed by atoms with E-state index in [1.54, 1.807) is 0 Å². The predicted octanol–water partition coefficient (Wildman–Crippen LogP) is 2.44. The second-order valence-corrected chi connectivity index (χ2v) is 9.64. The van der Waals surface area contributed by atoms with Gasteiger partial charge in [0.05, 0.1) is 11.1 Å². The summed E-state index contributed by atoms with van der Waals surface area (Å²) in [6, 6.07) is 4.13. The molecule has 0 amide bonds. The molecule has 0 saturated heterocycles. The van der Waals surface area contributed by atoms with Gasteiger partial charge in [0, 0.05) is 4.95 Å². The van der Waals surface area contributed by atoms with Crippen molar-refractivity contribution in [1.29, 1.82) is 0 Å². The van der Waals surface area contributed by atoms with E-state index in [4.69, 9.17) is 4.42 Å². The van der Waals surface area contributed by atoms with Gasteiger partial charge < -0.3 is 4.42 Å². The second-order valence-electron chi connectivity index (χ2n) is 3.43. The molecule has 0 saturated carbocycles. The van der Waals surface area contributed by atoms with Crippen molar-refractivity contribution < 1.29 is 4.42 Å². The molecular weight excluding hydrogens is 220 g/mol. The molecule has 0 aromatic carbocycles. The van der Waals surface area contributed by atoms with E-state index in [0.717, 1.165) is 10.7 Å². The highest BCUT2D eigenvalue weighted by Crippen LogP contribution is 2.08. The standard InChI is InChI=1S/C8H13BrOSi/c1-7-4-5-8(10-7)11(2,3)6-9/h4-5H,6H2,1-3H3. The topological polar surface area (TPSA) is 13.1 Å². The van der Waals surface area contributed by atoms with Crippen LogP contribution < -0.4 is 5.38 Å². The minimum atomic E-state index is -1.28. The van der Waals surface area contributed by atoms with Crippen LogP contribution in [-0.2, 0) is 0 Å². The molecule has 0 aliphatic heterocycles. The lowest BCUT2D eigenvalue weighted by Crippen LogP contribution is -2.42. The summed E-state index contributed by atoms with van der Waals surface area (Å²) in [5, 5.41) is 1.19. The molecule has 0 radical (unpaired) electrons. The Labute approximate surface area is 76.9 Å². The normalized spacial score (nSPS) is 12.0. The van der Waals surface area contributed by atoms with Crippen molar-refractivity contribution in [2.24, 2.45) is 0 Å². The van der Waals surface area contributed by atoms with E-state index in [0.29, 0.717) is 0 Å². The Morgan fingerprint density at radius 2 is 2.09 bits per heavy atom. The molecule has 11 heavy (non-hydrogen) atoms. The summed E-state index contributed by atoms with van der Waals surface area (Å²) in [7, 11) is -1.28. The molecular formula is C8H13BrOSi. The molecule has 1 rings (SSSR count). The first kappa shape index (κ1) is 9.07. The first-order valence-electron chi connectivity index (χ1n) is 3.69. The van der Waals surface area contributed by atoms with Crippen LogP contribution in [0.3, 0.4) is 0 Å². The monoisotopic (exact) mass is 232 g/mol. The zero-order valence-corrected chi connectivity index (χ0v) is 9.73. The third-order valence-electron chi connectivity index (χ3n) is 1.74. The Balaban J connectivity index is 2.92. The molecule has 0 N–H and O–H groups in total. The molecule has 0 aliphatic carbocycles. The van der Waals surface area contributed by atoms with E-state index in [1.165, 1.54) is 5.38 Å². The van der Waals surface area contributed by atoms with E-state index in [2.05, 4.69) is 35.1 Å². The number of aryl methyl sites for hydroxylation is 1. The highest BCUT2D eigenvalue weighted by molar-refractivity contribution is 9.09. The van der Waals surface area contributed by atoms with Crippen LogP contribution in [0.15, 0.2) is 16.5 Å². The number of halogens is 1. The SMILES string of the molecule is Cc1ccc([Si](C)(C)CBr)o1. The van der Waals surface area contributed by atoms with Crippen LogP contribution in [0.4, 0.5) is 0 Å². The minimum absolute atomic E-state index is 1.02. The second kappa shape index (κ2) is 3.15. The van der Waals surface area contributed by atoms with Crippen LogP contribution in [-0.4, -0.2) is 13.0 Å². The first-order chi connectivity index (χ1) is 5.06. The highest BCUT2D eigenvalue weighted by atomic mass is 79.9. The van der Waals surface area contributed by atoms with Gasteiger partial charge in [0.15, 0.2) is 0 Å². The summed E-state index contributed by atoms with van der Waals surface area (Å²) in [6.45, 7) is 6.57. The maximum atomic E-state index is 5.57. The molecule has 62 valence electrons. The van der Waals surface area contributed by atoms with Crippen molar-refractivity contribution in [2.75, 3.05) is 4.95 Å². The van der Waals surface area contributed by atoms with Crippen LogP contribution in [0.5, 0.6) is 0 Å². The van der Waals surface area contributed by atoms with Gasteiger partial charge in [-0.1, -0.05) is 29.0 Å². The molecule has 0 spiro atoms. The van der Waals surface area contributed by atoms with Gasteiger partial charge in [0.2, 0.25) is 0 Å². The molecule has 0 bridgehead atoms. The van der Waals surface area contributed by atoms with Crippen molar-refractivity contribution in [3.63, 3.8) is 0 Å². The summed E-state index contributed by atoms with van der Waals surface area (Å²) in [6.07, 6.45) is 0. The zero-order valence-electron chi connectivity index (χ0n) is 7.15. The minimum Gasteiger partial charge on any atom is -0.472 e. The lowest BCUT2D eigenvalue weighted by atomic mass is 10.5. The van der Waals surface area contributed by atoms with E-state index < -0.39 is 8.07 Å². The van der Waals surface area contributed by atoms with Gasteiger partial charge in [0.25, 0.3) is 0 Å². The number of furan rings is 1. The fourth-order valence-electron chi connectivity index (χ4n) is 0.864. The lowest BCUT2D eigenvalue weighted by molar-refractivity contribution is 0.562. The molecule has 1 aromatic rings. The third kappa shape index (κ3) is 1.96. The molecule has 0 aliphatic rings. The summed E-state index contributed by atoms with van der Waals surface area (Å²) in [5.41, 5.74) is 0. The smallest absolute Gasteiger partial charge is 0.136 e. The number of alkyl halides is 1. The Morgan fingerprint density at radius 1 is 1.45 bits per heavy atom. The molecule has 1 nitrogen and oxygen atoms in total. The highest BCUT2D eigenvalue weighted by Gasteiger charge is 2.25. The van der Waals surface area contributed by atoms with Gasteiger partial charge in [-0.15, -0.1) is 0 Å². The van der Waals surface area contributed by atoms with Crippen LogP contribution in [0.1, 0.15) is 5.76 Å². The van der Waals surface area contributed by atoms with E-state index >= 15 is 0 Å². The van der Waals surface area contributed by atoms with E-state index in [1.807, 2.05) is 13.0 Å². The molecule has 1 aromatic heterocycles. The van der Waals surface area contributed by atoms with E-state index in [-0.39, 0.29) is 0 Å². The van der Waals surface area contributed by atoms with Gasteiger partial charge in [-0.05, 0) is 19.1 Å². The maximum absolute atomic E-state index is 5.57. The van der Waals surface area contributed by atoms with Crippen LogP contribution in [0, 0.1) is 6.92 Å². The summed E-state index contributed by atoms with van der Waals surface area (Å²) in [5.74, 6) is 1.02. The van der Waals surface area contributed by atoms with Crippen LogP contribution >= 0.6 is 15.9 Å². The zero-order chi connectivity index (χ0) is 8.48. The van der Waals surface area contributed by atoms with Crippen molar-refractivity contribution in [3.05, 3.63) is 17.9 Å². The fraction of sp³-hybridized carbons (Fsp3) is 0.500. The van der Waals surface area contributed by atoms with Crippen LogP contribution in [0.25, 0.3) is 0 Å². The quantitative estimate of drug-likeness (QED) is 0.565. The van der Waals surface area contributed by atoms with Crippen molar-refractivity contribution >= 4 is 29.4 Å². The third-order valence-corrected chi connectivity index (χ3v) is 8.22. The number of hydrogen-bond acceptors (Lipinski definition) is 1. The predicted molar refractivity (Wildman–Crippen MR) is 54.4 cm³/mol. The molecule has 0 fully saturated rings. The summed E-state index contributed by atoms with van der Waals surface area (Å²) >= 11 is 3.52. The van der Waals surface area contributed by atoms with Crippen molar-refractivity contribution in [2.45, 2.75) is 20.0 Å². The van der Waals surface area contributed by atoms with E-state index in [9.17, 15) is 0 Å². The summed E-state index contributed by atoms with van der Waals surface area (Å²) < 4.78 is 5.57. The average Bonchev–Trinajstić information content (AvgIpc) is 2.36. The Hall–Kier alpha value is -0.0231. The van der Waals surface area contributed by atoms with Gasteiger partial charge in [-0.3, -0.25) is 0 Å². The average molecular weight is 233 g/mol. The molecule has 0 atom stereocenters. The van der Waals surface area contributed by atoms with Gasteiger partial charge in [0.1, 0.15) is 8.07 Å². The van der Waals surface area contributed by atoms with Gasteiger partial charge in [-0.2, -0.15) is 0 Å². The largest absolute Gasteiger partial charge is 0.472 e. The Morgan fingerprint density at radius 3 is 2.45 bits per heavy atom. The lowest BCUT2D eigenvalue weighted by Gasteiger charge is -2.14. The molecule has 3 heteroatoms. The molecule has 1 heterocycles. The number of hydrogen-bond donors (Lipinski definition) is 0. The molecule has 0 unspecified atom stereocenters. The van der Waals surface area contributed by atoms with Crippen molar-refractivity contribution in [3.8, 4) is 0 Å².